The van der Waals surface area contributed by atoms with Crippen LogP contribution in [0, 0.1) is 0 Å². The van der Waals surface area contributed by atoms with E-state index in [1.807, 2.05) is 0 Å². The van der Waals surface area contributed by atoms with Crippen molar-refractivity contribution >= 4 is 0 Å². The second-order valence-electron chi connectivity index (χ2n) is 1.57. The lowest BCUT2D eigenvalue weighted by atomic mass is 10.3. The Morgan fingerprint density at radius 2 is 1.18 bits per heavy atom. The van der Waals surface area contributed by atoms with Gasteiger partial charge in [0.15, 0.2) is 0 Å². The molecule has 0 heterocycles. The number of rotatable bonds is 1. The van der Waals surface area contributed by atoms with Crippen LogP contribution in [0.5, 0.6) is 0 Å². The molecule has 11 heavy (non-hydrogen) atoms. The molecule has 0 bridgehead atoms. The Kier molecular flexibility index (Phi) is 2.73. The van der Waals surface area contributed by atoms with Gasteiger partial charge in [-0.1, -0.05) is 0 Å². The molecular formula is C3H2F6O2. The molecule has 0 atom stereocenters. The predicted molar refractivity (Wildman–Crippen MR) is 19.6 cm³/mol. The number of hydrogen-bond donors (Lipinski definition) is 1. The third-order valence-electron chi connectivity index (χ3n) is 0.700. The zero-order chi connectivity index (χ0) is 9.28. The summed E-state index contributed by atoms with van der Waals surface area (Å²) in [7, 11) is 0. The molecule has 0 radical (unpaired) electrons. The maximum atomic E-state index is 11.2. The first-order valence-corrected chi connectivity index (χ1v) is 2.13. The molecule has 0 spiro atoms. The van der Waals surface area contributed by atoms with Gasteiger partial charge in [0.25, 0.3) is 6.10 Å². The summed E-state index contributed by atoms with van der Waals surface area (Å²) < 4.78 is 67.3. The van der Waals surface area contributed by atoms with Crippen LogP contribution in [0.25, 0.3) is 0 Å². The Bertz CT molecular complexity index is 111. The van der Waals surface area contributed by atoms with Crippen molar-refractivity contribution in [3.05, 3.63) is 0 Å². The van der Waals surface area contributed by atoms with Crippen LogP contribution in [0.4, 0.5) is 26.3 Å². The molecule has 8 heteroatoms. The zero-order valence-corrected chi connectivity index (χ0v) is 4.70. The fourth-order valence-corrected chi connectivity index (χ4v) is 0.305. The lowest BCUT2D eigenvalue weighted by molar-refractivity contribution is -0.413. The van der Waals surface area contributed by atoms with E-state index in [0.29, 0.717) is 0 Å². The predicted octanol–water partition coefficient (Wildman–Crippen LogP) is 1.97. The van der Waals surface area contributed by atoms with Gasteiger partial charge in [0.2, 0.25) is 0 Å². The van der Waals surface area contributed by atoms with E-state index in [9.17, 15) is 26.3 Å². The molecule has 0 amide bonds. The van der Waals surface area contributed by atoms with Gasteiger partial charge in [-0.25, -0.2) is 4.89 Å². The number of alkyl halides is 6. The maximum absolute atomic E-state index is 11.2. The molecule has 0 aliphatic heterocycles. The van der Waals surface area contributed by atoms with Crippen LogP contribution in [0.3, 0.4) is 0 Å². The summed E-state index contributed by atoms with van der Waals surface area (Å²) in [5.41, 5.74) is 0. The van der Waals surface area contributed by atoms with Gasteiger partial charge in [0, 0.05) is 0 Å². The summed E-state index contributed by atoms with van der Waals surface area (Å²) >= 11 is 0. The van der Waals surface area contributed by atoms with Crippen LogP contribution in [-0.4, -0.2) is 23.7 Å². The van der Waals surface area contributed by atoms with Crippen LogP contribution in [0.15, 0.2) is 0 Å². The Balaban J connectivity index is 4.43. The third-order valence-corrected chi connectivity index (χ3v) is 0.700. The van der Waals surface area contributed by atoms with Gasteiger partial charge in [-0.15, -0.1) is 0 Å². The van der Waals surface area contributed by atoms with E-state index in [1.165, 1.54) is 0 Å². The SMILES string of the molecule is OOC(C(F)(F)F)C(F)(F)F. The Labute approximate surface area is 56.3 Å². The van der Waals surface area contributed by atoms with Gasteiger partial charge in [-0.2, -0.15) is 26.3 Å². The van der Waals surface area contributed by atoms with E-state index in [4.69, 9.17) is 5.26 Å². The van der Waals surface area contributed by atoms with Crippen molar-refractivity contribution in [1.29, 1.82) is 0 Å². The summed E-state index contributed by atoms with van der Waals surface area (Å²) in [6.45, 7) is 0. The average molecular weight is 184 g/mol. The lowest BCUT2D eigenvalue weighted by Crippen LogP contribution is -2.43. The van der Waals surface area contributed by atoms with E-state index in [0.717, 1.165) is 0 Å². The van der Waals surface area contributed by atoms with E-state index in [1.54, 1.807) is 0 Å². The van der Waals surface area contributed by atoms with Crippen LogP contribution < -0.4 is 0 Å². The normalized spacial score (nSPS) is 14.2. The quantitative estimate of drug-likeness (QED) is 0.383. The maximum Gasteiger partial charge on any atom is 0.426 e. The third kappa shape index (κ3) is 2.93. The second-order valence-corrected chi connectivity index (χ2v) is 1.57. The van der Waals surface area contributed by atoms with Crippen molar-refractivity contribution in [2.75, 3.05) is 0 Å². The molecule has 0 aromatic carbocycles. The second kappa shape index (κ2) is 2.86. The molecule has 2 nitrogen and oxygen atoms in total. The van der Waals surface area contributed by atoms with Crippen molar-refractivity contribution in [2.24, 2.45) is 0 Å². The number of halogens is 6. The van der Waals surface area contributed by atoms with Crippen molar-refractivity contribution < 1.29 is 36.5 Å². The first kappa shape index (κ1) is 10.5. The first-order valence-electron chi connectivity index (χ1n) is 2.13. The van der Waals surface area contributed by atoms with E-state index in [2.05, 4.69) is 4.89 Å². The van der Waals surface area contributed by atoms with Crippen LogP contribution in [0.1, 0.15) is 0 Å². The van der Waals surface area contributed by atoms with E-state index in [-0.39, 0.29) is 0 Å². The fraction of sp³-hybridized carbons (Fsp3) is 1.00. The summed E-state index contributed by atoms with van der Waals surface area (Å²) in [5, 5.41) is 7.26. The van der Waals surface area contributed by atoms with Gasteiger partial charge in [0.05, 0.1) is 0 Å². The zero-order valence-electron chi connectivity index (χ0n) is 4.70. The smallest absolute Gasteiger partial charge is 0.251 e. The molecule has 68 valence electrons. The highest BCUT2D eigenvalue weighted by molar-refractivity contribution is 4.74. The summed E-state index contributed by atoms with van der Waals surface area (Å²) in [5.74, 6) is 0. The van der Waals surface area contributed by atoms with Crippen molar-refractivity contribution in [3.63, 3.8) is 0 Å². The first-order chi connectivity index (χ1) is 4.69. The minimum absolute atomic E-state index is 2.23. The monoisotopic (exact) mass is 184 g/mol. The minimum Gasteiger partial charge on any atom is -0.251 e. The van der Waals surface area contributed by atoms with Crippen molar-refractivity contribution in [2.45, 2.75) is 18.5 Å². The summed E-state index contributed by atoms with van der Waals surface area (Å²) in [6, 6.07) is 0. The van der Waals surface area contributed by atoms with Gasteiger partial charge >= 0.3 is 12.4 Å². The Morgan fingerprint density at radius 1 is 0.909 bits per heavy atom. The van der Waals surface area contributed by atoms with Gasteiger partial charge in [-0.05, 0) is 0 Å². The van der Waals surface area contributed by atoms with Crippen molar-refractivity contribution in [1.82, 2.24) is 0 Å². The molecule has 0 fully saturated rings. The van der Waals surface area contributed by atoms with Gasteiger partial charge in [-0.3, -0.25) is 5.26 Å². The fourth-order valence-electron chi connectivity index (χ4n) is 0.305. The standard InChI is InChI=1S/C3H2F6O2/c4-2(5,6)1(11-10)3(7,8)9/h1,10H. The largest absolute Gasteiger partial charge is 0.426 e. The van der Waals surface area contributed by atoms with Crippen molar-refractivity contribution in [3.8, 4) is 0 Å². The Morgan fingerprint density at radius 3 is 1.18 bits per heavy atom. The highest BCUT2D eigenvalue weighted by atomic mass is 19.4. The molecule has 0 rings (SSSR count). The summed E-state index contributed by atoms with van der Waals surface area (Å²) in [6.07, 6.45) is -15.4. The molecule has 0 aromatic heterocycles. The average Bonchev–Trinajstić information content (AvgIpc) is 1.56. The molecular weight excluding hydrogens is 182 g/mol. The van der Waals surface area contributed by atoms with Crippen LogP contribution in [-0.2, 0) is 4.89 Å². The molecule has 0 aliphatic carbocycles. The highest BCUT2D eigenvalue weighted by Gasteiger charge is 2.58. The topological polar surface area (TPSA) is 29.5 Å². The highest BCUT2D eigenvalue weighted by Crippen LogP contribution is 2.34. The lowest BCUT2D eigenvalue weighted by Gasteiger charge is -2.18. The minimum atomic E-state index is -5.65. The Hall–Kier alpha value is -0.500. The molecule has 0 aliphatic rings. The molecule has 1 N–H and O–H groups in total. The molecule has 0 saturated heterocycles. The van der Waals surface area contributed by atoms with Crippen LogP contribution in [0.2, 0.25) is 0 Å². The van der Waals surface area contributed by atoms with Gasteiger partial charge < -0.3 is 0 Å². The van der Waals surface area contributed by atoms with Gasteiger partial charge in [0.1, 0.15) is 0 Å². The molecule has 0 saturated carbocycles. The van der Waals surface area contributed by atoms with Crippen LogP contribution >= 0.6 is 0 Å². The molecule has 0 aromatic rings. The van der Waals surface area contributed by atoms with E-state index < -0.39 is 18.5 Å². The molecule has 0 unspecified atom stereocenters. The number of hydrogen-bond acceptors (Lipinski definition) is 2. The van der Waals surface area contributed by atoms with E-state index >= 15 is 0 Å². The summed E-state index contributed by atoms with van der Waals surface area (Å²) in [4.78, 5) is 2.23.